The molecule has 5 aromatic rings. The van der Waals surface area contributed by atoms with Gasteiger partial charge < -0.3 is 41.7 Å². The minimum absolute atomic E-state index is 0.00327. The number of nitrogens with one attached hydrogen (secondary N) is 6. The fourth-order valence-electron chi connectivity index (χ4n) is 8.21. The molecule has 0 saturated carbocycles. The number of ether oxygens (including phenoxy) is 1. The zero-order valence-electron chi connectivity index (χ0n) is 36.8. The fourth-order valence-corrected chi connectivity index (χ4v) is 8.21. The van der Waals surface area contributed by atoms with Gasteiger partial charge in [0.15, 0.2) is 6.23 Å². The molecule has 7 amide bonds. The van der Waals surface area contributed by atoms with E-state index in [0.29, 0.717) is 22.3 Å². The Morgan fingerprint density at radius 2 is 0.851 bits per heavy atom. The van der Waals surface area contributed by atoms with Gasteiger partial charge in [-0.1, -0.05) is 140 Å². The van der Waals surface area contributed by atoms with E-state index in [1.54, 1.807) is 140 Å². The molecule has 346 valence electrons. The Bertz CT molecular complexity index is 2530. The second-order valence-electron chi connectivity index (χ2n) is 16.5. The number of carbonyl (C=O) groups is 7. The van der Waals surface area contributed by atoms with Gasteiger partial charge in [-0.2, -0.15) is 0 Å². The molecule has 0 spiro atoms. The second-order valence-corrected chi connectivity index (χ2v) is 16.5. The number of hydrogen-bond donors (Lipinski definition) is 7. The normalized spacial score (nSPS) is 23.6. The number of para-hydroxylation sites is 1. The molecule has 5 aromatic carbocycles. The van der Waals surface area contributed by atoms with E-state index in [1.165, 1.54) is 12.1 Å². The van der Waals surface area contributed by atoms with Crippen molar-refractivity contribution in [2.75, 3.05) is 13.1 Å². The Morgan fingerprint density at radius 3 is 1.30 bits per heavy atom. The highest BCUT2D eigenvalue weighted by Crippen LogP contribution is 2.38. The molecule has 16 heteroatoms. The number of phenolic OH excluding ortho intramolecular Hbond substituents is 1. The van der Waals surface area contributed by atoms with Gasteiger partial charge in [0.1, 0.15) is 36.0 Å². The van der Waals surface area contributed by atoms with E-state index in [4.69, 9.17) is 4.74 Å². The second kappa shape index (κ2) is 22.4. The molecule has 2 saturated heterocycles. The average molecular weight is 908 g/mol. The summed E-state index contributed by atoms with van der Waals surface area (Å²) in [5.41, 5.74) is 2.91. The van der Waals surface area contributed by atoms with Crippen LogP contribution in [-0.2, 0) is 64.0 Å². The third kappa shape index (κ3) is 12.5. The van der Waals surface area contributed by atoms with Crippen molar-refractivity contribution in [2.24, 2.45) is 0 Å². The number of rotatable bonds is 9. The van der Waals surface area contributed by atoms with Gasteiger partial charge in [0.05, 0.1) is 19.2 Å². The van der Waals surface area contributed by atoms with Gasteiger partial charge in [0.25, 0.3) is 0 Å². The van der Waals surface area contributed by atoms with Crippen molar-refractivity contribution in [3.05, 3.63) is 173 Å². The molecule has 7 atom stereocenters. The first-order valence-electron chi connectivity index (χ1n) is 22.1. The van der Waals surface area contributed by atoms with E-state index in [9.17, 15) is 38.7 Å². The highest BCUT2D eigenvalue weighted by atomic mass is 16.5. The summed E-state index contributed by atoms with van der Waals surface area (Å²) in [4.78, 5) is 101. The molecule has 2 fully saturated rings. The Labute approximate surface area is 387 Å². The highest BCUT2D eigenvalue weighted by molar-refractivity contribution is 5.98. The Kier molecular flexibility index (Phi) is 15.7. The van der Waals surface area contributed by atoms with Crippen LogP contribution in [0, 0.1) is 0 Å². The Balaban J connectivity index is 1.27. The first kappa shape index (κ1) is 47.1. The third-order valence-corrected chi connectivity index (χ3v) is 11.6. The van der Waals surface area contributed by atoms with Gasteiger partial charge in [-0.3, -0.25) is 38.5 Å². The molecule has 2 aliphatic rings. The Morgan fingerprint density at radius 1 is 0.478 bits per heavy atom. The summed E-state index contributed by atoms with van der Waals surface area (Å²) in [6, 6.07) is 35.3. The summed E-state index contributed by atoms with van der Waals surface area (Å²) in [5.74, 6) is -5.41. The molecule has 67 heavy (non-hydrogen) atoms. The monoisotopic (exact) mass is 907 g/mol. The van der Waals surface area contributed by atoms with E-state index in [2.05, 4.69) is 31.9 Å². The van der Waals surface area contributed by atoms with Crippen molar-refractivity contribution in [1.82, 2.24) is 36.8 Å². The number of nitrogens with zero attached hydrogens (tertiary/aromatic N) is 1. The lowest BCUT2D eigenvalue weighted by Crippen LogP contribution is -2.59. The van der Waals surface area contributed by atoms with E-state index in [0.717, 1.165) is 4.90 Å². The molecular formula is C51H53N7O9. The number of aromatic hydroxyl groups is 1. The maximum absolute atomic E-state index is 14.7. The molecule has 0 radical (unpaired) electrons. The number of amides is 7. The van der Waals surface area contributed by atoms with E-state index in [-0.39, 0.29) is 37.0 Å². The first-order valence-corrected chi connectivity index (χ1v) is 22.1. The van der Waals surface area contributed by atoms with Gasteiger partial charge >= 0.3 is 0 Å². The number of hydrogen-bond acceptors (Lipinski definition) is 9. The van der Waals surface area contributed by atoms with Crippen molar-refractivity contribution < 1.29 is 43.4 Å². The van der Waals surface area contributed by atoms with Gasteiger partial charge in [-0.25, -0.2) is 0 Å². The number of carbonyl (C=O) groups excluding carboxylic acids is 7. The predicted molar refractivity (Wildman–Crippen MR) is 246 cm³/mol. The number of benzene rings is 5. The Hall–Kier alpha value is -7.85. The van der Waals surface area contributed by atoms with Gasteiger partial charge in [-0.05, 0) is 35.2 Å². The summed E-state index contributed by atoms with van der Waals surface area (Å²) in [6.45, 7) is 0.326. The summed E-state index contributed by atoms with van der Waals surface area (Å²) < 4.78 is 6.25. The standard InChI is InChI=1S/C51H53N7O9/c1-32-45-50(66)57-41(29-36-22-12-5-13-23-36)49(65)56-38(26-33-16-6-2-7-17-33)46(62)52-30-43(60)54-40(28-35-20-10-4-11-21-35)48(64)55-39(27-34-18-8-3-9-19-34)47(63)53-31-44(61)58(45)51(67-32)37-24-14-15-25-42(37)59/h2-25,32,38-41,45,51,59H,26-31H2,1H3,(H,52,62)(H,53,63)(H,54,60)(H,55,64)(H,56,65)(H,57,66)/t32-,38?,39+,40+,41+,45+,51?/m1/s1. The van der Waals surface area contributed by atoms with E-state index in [1.807, 2.05) is 0 Å². The van der Waals surface area contributed by atoms with Crippen molar-refractivity contribution in [3.8, 4) is 5.75 Å². The topological polar surface area (TPSA) is 224 Å². The summed E-state index contributed by atoms with van der Waals surface area (Å²) in [6.07, 6.45) is -2.31. The van der Waals surface area contributed by atoms with Crippen molar-refractivity contribution in [1.29, 1.82) is 0 Å². The van der Waals surface area contributed by atoms with Crippen molar-refractivity contribution in [3.63, 3.8) is 0 Å². The highest BCUT2D eigenvalue weighted by Gasteiger charge is 2.49. The van der Waals surface area contributed by atoms with Crippen LogP contribution in [0.2, 0.25) is 0 Å². The zero-order valence-corrected chi connectivity index (χ0v) is 36.8. The first-order chi connectivity index (χ1) is 32.4. The number of fused-ring (bicyclic) bond motifs is 1. The molecule has 7 N–H and O–H groups in total. The SMILES string of the molecule is C[C@H]1OC(c2ccccc2O)N2C(=O)CNC(=O)[C@H](Cc3ccccc3)NC(=O)[C@H](Cc3ccccc3)NC(=O)CNC(=O)C(Cc3ccccc3)NC(=O)[C@H](Cc3ccccc3)NC(=O)[C@H]12. The lowest BCUT2D eigenvalue weighted by molar-refractivity contribution is -0.143. The third-order valence-electron chi connectivity index (χ3n) is 11.6. The minimum Gasteiger partial charge on any atom is -0.507 e. The largest absolute Gasteiger partial charge is 0.507 e. The molecule has 0 aromatic heterocycles. The average Bonchev–Trinajstić information content (AvgIpc) is 3.69. The molecule has 0 aliphatic carbocycles. The van der Waals surface area contributed by atoms with Crippen LogP contribution in [-0.4, -0.2) is 101 Å². The molecule has 7 rings (SSSR count). The maximum Gasteiger partial charge on any atom is 0.246 e. The molecular weight excluding hydrogens is 855 g/mol. The molecule has 2 unspecified atom stereocenters. The van der Waals surface area contributed by atoms with Gasteiger partial charge in [-0.15, -0.1) is 0 Å². The molecule has 2 aliphatic heterocycles. The number of phenols is 1. The molecule has 16 nitrogen and oxygen atoms in total. The predicted octanol–water partition coefficient (Wildman–Crippen LogP) is 2.16. The van der Waals surface area contributed by atoms with Crippen molar-refractivity contribution >= 4 is 41.4 Å². The summed E-state index contributed by atoms with van der Waals surface area (Å²) in [5, 5.41) is 27.3. The summed E-state index contributed by atoms with van der Waals surface area (Å²) in [7, 11) is 0. The van der Waals surface area contributed by atoms with E-state index < -0.39 is 97.0 Å². The van der Waals surface area contributed by atoms with Crippen LogP contribution in [0.3, 0.4) is 0 Å². The fraction of sp³-hybridized carbons (Fsp3) is 0.275. The van der Waals surface area contributed by atoms with Crippen LogP contribution < -0.4 is 31.9 Å². The van der Waals surface area contributed by atoms with Gasteiger partial charge in [0, 0.05) is 31.2 Å². The maximum atomic E-state index is 14.7. The van der Waals surface area contributed by atoms with E-state index >= 15 is 0 Å². The molecule has 0 bridgehead atoms. The van der Waals surface area contributed by atoms with Crippen LogP contribution in [0.15, 0.2) is 146 Å². The quantitative estimate of drug-likeness (QED) is 0.115. The van der Waals surface area contributed by atoms with Crippen LogP contribution in [0.25, 0.3) is 0 Å². The van der Waals surface area contributed by atoms with Crippen LogP contribution in [0.4, 0.5) is 0 Å². The summed E-state index contributed by atoms with van der Waals surface area (Å²) >= 11 is 0. The van der Waals surface area contributed by atoms with Gasteiger partial charge in [0.2, 0.25) is 41.4 Å². The van der Waals surface area contributed by atoms with Crippen LogP contribution in [0.1, 0.15) is 41.0 Å². The van der Waals surface area contributed by atoms with Crippen LogP contribution >= 0.6 is 0 Å². The minimum atomic E-state index is -1.40. The lowest BCUT2D eigenvalue weighted by Gasteiger charge is -2.30. The lowest BCUT2D eigenvalue weighted by atomic mass is 10.0. The molecule has 2 heterocycles. The van der Waals surface area contributed by atoms with Crippen LogP contribution in [0.5, 0.6) is 5.75 Å². The van der Waals surface area contributed by atoms with Crippen molar-refractivity contribution in [2.45, 2.75) is 75.1 Å². The smallest absolute Gasteiger partial charge is 0.246 e. The zero-order chi connectivity index (χ0) is 47.3.